The van der Waals surface area contributed by atoms with Gasteiger partial charge in [-0.15, -0.1) is 0 Å². The van der Waals surface area contributed by atoms with Crippen LogP contribution in [0.1, 0.15) is 86.5 Å². The molecule has 462 valence electrons. The van der Waals surface area contributed by atoms with Crippen molar-refractivity contribution in [2.75, 3.05) is 44.6 Å². The number of carbonyl (C=O) groups excluding carboxylic acids is 1. The molecule has 11 rings (SSSR count). The summed E-state index contributed by atoms with van der Waals surface area (Å²) >= 11 is 4.51. The van der Waals surface area contributed by atoms with Gasteiger partial charge in [-0.1, -0.05) is 104 Å². The summed E-state index contributed by atoms with van der Waals surface area (Å²) in [5.74, 6) is -0.187. The number of allylic oxidation sites excluding steroid dienone is 4. The Bertz CT molecular complexity index is 4390. The van der Waals surface area contributed by atoms with E-state index in [2.05, 4.69) is 77.1 Å². The summed E-state index contributed by atoms with van der Waals surface area (Å²) in [4.78, 5) is 29.7. The summed E-state index contributed by atoms with van der Waals surface area (Å²) in [6, 6.07) is 41.4. The van der Waals surface area contributed by atoms with E-state index in [-0.39, 0.29) is 48.4 Å². The van der Waals surface area contributed by atoms with Crippen LogP contribution >= 0.6 is 34.9 Å². The zero-order valence-electron chi connectivity index (χ0n) is 49.7. The number of thioether (sulfide) groups is 2. The Labute approximate surface area is 530 Å². The SMILES string of the molecule is CCC(=Cc1oc2cc(-c3ccccc3)ccc2[n+]1CCCCOC(=O)CCCN1C(=CC(=Cc2sc3cc(C(=O)O)ccc3[n+]2CCCS(=O)(=O)O)CC)Sc2ccc(-c3ccccc3)cc21)C=C1Sc2cc(OC)c(OC)cc2[N+]12CCC2S(=O)(=O)O. The number of nitrogens with zero attached hydrogens (tertiary/aromatic N) is 4. The molecule has 1 saturated heterocycles. The summed E-state index contributed by atoms with van der Waals surface area (Å²) in [5.41, 5.74) is 10.2. The molecule has 6 aromatic carbocycles. The number of hydrogen-bond acceptors (Lipinski definition) is 14. The van der Waals surface area contributed by atoms with Crippen LogP contribution < -0.4 is 28.0 Å². The summed E-state index contributed by atoms with van der Waals surface area (Å²) in [6.45, 7) is 6.12. The van der Waals surface area contributed by atoms with E-state index < -0.39 is 37.3 Å². The number of fused-ring (bicyclic) bond motifs is 5. The maximum Gasteiger partial charge on any atom is 0.374 e. The van der Waals surface area contributed by atoms with Crippen LogP contribution in [0.3, 0.4) is 0 Å². The monoisotopic (exact) mass is 1300 g/mol. The predicted octanol–water partition coefficient (Wildman–Crippen LogP) is 14.0. The van der Waals surface area contributed by atoms with Crippen molar-refractivity contribution in [1.29, 1.82) is 0 Å². The highest BCUT2D eigenvalue weighted by molar-refractivity contribution is 8.04. The highest BCUT2D eigenvalue weighted by Gasteiger charge is 2.62. The minimum Gasteiger partial charge on any atom is -0.493 e. The third kappa shape index (κ3) is 13.7. The minimum absolute atomic E-state index is 0.0587. The van der Waals surface area contributed by atoms with Crippen molar-refractivity contribution < 1.29 is 68.4 Å². The topological polar surface area (TPSA) is 215 Å². The number of methoxy groups -OCH3 is 2. The van der Waals surface area contributed by atoms with Crippen LogP contribution in [0.15, 0.2) is 175 Å². The Kier molecular flexibility index (Phi) is 19.0. The number of aryl methyl sites for hydroxylation is 2. The number of oxazole rings is 1. The number of thiazole rings is 1. The van der Waals surface area contributed by atoms with Crippen LogP contribution in [-0.4, -0.2) is 88.0 Å². The lowest BCUT2D eigenvalue weighted by Crippen LogP contribution is -2.66. The molecule has 1 fully saturated rings. The van der Waals surface area contributed by atoms with Crippen molar-refractivity contribution in [3.05, 3.63) is 177 Å². The Balaban J connectivity index is 0.806. The number of hydrogen-bond donors (Lipinski definition) is 3. The highest BCUT2D eigenvalue weighted by Crippen LogP contribution is 2.60. The molecule has 22 heteroatoms. The van der Waals surface area contributed by atoms with Gasteiger partial charge in [0.15, 0.2) is 35.3 Å². The first-order valence-electron chi connectivity index (χ1n) is 29.5. The number of anilines is 1. The number of aromatic carboxylic acids is 1. The van der Waals surface area contributed by atoms with Crippen LogP contribution in [0.25, 0.3) is 55.7 Å². The number of rotatable bonds is 25. The highest BCUT2D eigenvalue weighted by atomic mass is 32.2. The molecule has 3 aliphatic heterocycles. The Morgan fingerprint density at radius 2 is 1.39 bits per heavy atom. The number of carbonyl (C=O) groups is 2. The van der Waals surface area contributed by atoms with Gasteiger partial charge in [-0.2, -0.15) is 26.0 Å². The van der Waals surface area contributed by atoms with E-state index in [4.69, 9.17) is 18.6 Å². The lowest BCUT2D eigenvalue weighted by molar-refractivity contribution is -0.678. The number of esters is 1. The Morgan fingerprint density at radius 1 is 0.719 bits per heavy atom. The fourth-order valence-electron chi connectivity index (χ4n) is 11.7. The van der Waals surface area contributed by atoms with Crippen LogP contribution in [0.2, 0.25) is 0 Å². The van der Waals surface area contributed by atoms with Gasteiger partial charge >= 0.3 is 27.9 Å². The molecule has 89 heavy (non-hydrogen) atoms. The van der Waals surface area contributed by atoms with E-state index in [0.717, 1.165) is 85.4 Å². The van der Waals surface area contributed by atoms with Crippen LogP contribution in [-0.2, 0) is 42.9 Å². The first kappa shape index (κ1) is 63.0. The molecule has 0 bridgehead atoms. The lowest BCUT2D eigenvalue weighted by Gasteiger charge is -2.47. The molecule has 2 atom stereocenters. The second-order valence-corrected chi connectivity index (χ2v) is 28.3. The van der Waals surface area contributed by atoms with E-state index in [1.807, 2.05) is 84.3 Å². The molecular weight excluding hydrogens is 1230 g/mol. The zero-order valence-corrected chi connectivity index (χ0v) is 53.7. The molecular formula is C67H69N4O13S5+3. The second-order valence-electron chi connectivity index (χ2n) is 21.9. The number of ether oxygens (including phenoxy) is 3. The van der Waals surface area contributed by atoms with Crippen LogP contribution in [0.4, 0.5) is 11.4 Å². The maximum absolute atomic E-state index is 13.6. The largest absolute Gasteiger partial charge is 0.493 e. The van der Waals surface area contributed by atoms with Gasteiger partial charge in [-0.25, -0.2) is 9.28 Å². The first-order valence-corrected chi connectivity index (χ1v) is 35.0. The van der Waals surface area contributed by atoms with Crippen LogP contribution in [0.5, 0.6) is 11.5 Å². The fourth-order valence-corrected chi connectivity index (χ4v) is 17.2. The number of benzene rings is 6. The molecule has 3 N–H and O–H groups in total. The van der Waals surface area contributed by atoms with Gasteiger partial charge < -0.3 is 28.6 Å². The average Bonchev–Trinajstić information content (AvgIpc) is 1.60. The van der Waals surface area contributed by atoms with Crippen molar-refractivity contribution in [1.82, 2.24) is 4.48 Å². The maximum atomic E-state index is 13.6. The number of quaternary nitrogens is 1. The number of unbranched alkanes of at least 4 members (excludes halogenated alkanes) is 1. The molecule has 0 amide bonds. The number of carboxylic acid groups (broad SMARTS) is 1. The summed E-state index contributed by atoms with van der Waals surface area (Å²) in [5, 5.41) is 11.2. The normalized spacial score (nSPS) is 17.6. The minimum atomic E-state index is -4.46. The van der Waals surface area contributed by atoms with Gasteiger partial charge in [-0.05, 0) is 113 Å². The third-order valence-corrected chi connectivity index (χ3v) is 21.9. The second kappa shape index (κ2) is 26.9. The molecule has 17 nitrogen and oxygen atoms in total. The molecule has 1 spiro atoms. The molecule has 3 aliphatic rings. The Morgan fingerprint density at radius 3 is 2.06 bits per heavy atom. The molecule has 0 saturated carbocycles. The van der Waals surface area contributed by atoms with E-state index in [0.29, 0.717) is 74.7 Å². The van der Waals surface area contributed by atoms with Crippen LogP contribution in [0, 0.1) is 0 Å². The summed E-state index contributed by atoms with van der Waals surface area (Å²) < 4.78 is 98.3. The standard InChI is InChI=1S/C67H66N4O13S5/c1-5-44(38-64-71(32-28-65(71)89(78,79)80)54-42-56(81-3)57(82-4)43-60(54)87-64)35-61-68(51-25-22-49(40-55(51)84-61)47-19-11-8-12-20-47)29-13-14-33-83-66(72)21-15-30-70-53-39-48(46-17-9-7-10-18-46)24-27-58(53)85-63(70)37-45(6-2)36-62-69(31-16-34-88(75,76)77)52-26-23-50(67(73)74)41-59(52)86-62/h7-12,17-20,22-27,35-43,65H,5-6,13-16,21,28-34H2,1-4H3/p+3. The van der Waals surface area contributed by atoms with Gasteiger partial charge in [0.2, 0.25) is 16.5 Å². The van der Waals surface area contributed by atoms with Crippen molar-refractivity contribution in [3.8, 4) is 33.8 Å². The van der Waals surface area contributed by atoms with E-state index >= 15 is 0 Å². The van der Waals surface area contributed by atoms with Gasteiger partial charge in [0.1, 0.15) is 4.70 Å². The summed E-state index contributed by atoms with van der Waals surface area (Å²) in [6.07, 6.45) is 11.8. The molecule has 0 radical (unpaired) electrons. The molecule has 0 aliphatic carbocycles. The smallest absolute Gasteiger partial charge is 0.374 e. The van der Waals surface area contributed by atoms with Gasteiger partial charge in [0.25, 0.3) is 20.6 Å². The van der Waals surface area contributed by atoms with E-state index in [1.54, 1.807) is 31.0 Å². The van der Waals surface area contributed by atoms with Crippen molar-refractivity contribution in [2.24, 2.45) is 0 Å². The number of aromatic nitrogens is 2. The van der Waals surface area contributed by atoms with Gasteiger partial charge in [0, 0.05) is 67.1 Å². The number of carboxylic acids is 1. The van der Waals surface area contributed by atoms with Crippen molar-refractivity contribution >= 4 is 112 Å². The van der Waals surface area contributed by atoms with E-state index in [1.165, 1.54) is 36.3 Å². The molecule has 2 unspecified atom stereocenters. The summed E-state index contributed by atoms with van der Waals surface area (Å²) in [7, 11) is -5.56. The van der Waals surface area contributed by atoms with Gasteiger partial charge in [0.05, 0.1) is 66.8 Å². The predicted molar refractivity (Wildman–Crippen MR) is 351 cm³/mol. The molecule has 5 heterocycles. The average molecular weight is 1300 g/mol. The van der Waals surface area contributed by atoms with E-state index in [9.17, 15) is 40.6 Å². The molecule has 8 aromatic rings. The quantitative estimate of drug-likeness (QED) is 0.0159. The van der Waals surface area contributed by atoms with Gasteiger partial charge in [-0.3, -0.25) is 13.9 Å². The first-order chi connectivity index (χ1) is 42.9. The van der Waals surface area contributed by atoms with Crippen molar-refractivity contribution in [2.45, 2.75) is 93.5 Å². The zero-order chi connectivity index (χ0) is 62.6. The lowest BCUT2D eigenvalue weighted by atomic mass is 10.0. The Hall–Kier alpha value is -7.54. The third-order valence-electron chi connectivity index (χ3n) is 16.4. The fraction of sp³-hybridized carbons (Fsp3) is 0.284. The molecule has 2 aromatic heterocycles. The van der Waals surface area contributed by atoms with Crippen molar-refractivity contribution in [3.63, 3.8) is 0 Å².